The summed E-state index contributed by atoms with van der Waals surface area (Å²) >= 11 is 9.50. The molecule has 0 spiro atoms. The van der Waals surface area contributed by atoms with Gasteiger partial charge < -0.3 is 10.6 Å². The van der Waals surface area contributed by atoms with E-state index >= 15 is 0 Å². The minimum Gasteiger partial charge on any atom is -0.320 e. The van der Waals surface area contributed by atoms with E-state index in [1.54, 1.807) is 11.0 Å². The first-order valence-electron chi connectivity index (χ1n) is 5.03. The first-order valence-corrected chi connectivity index (χ1v) is 6.20. The predicted molar refractivity (Wildman–Crippen MR) is 68.8 cm³/mol. The van der Waals surface area contributed by atoms with Crippen LogP contribution in [0.15, 0.2) is 16.6 Å². The number of anilines is 1. The molecule has 1 saturated heterocycles. The Morgan fingerprint density at radius 2 is 2.25 bits per heavy atom. The van der Waals surface area contributed by atoms with Crippen molar-refractivity contribution in [2.45, 2.75) is 19.4 Å². The topological polar surface area (TPSA) is 46.3 Å². The van der Waals surface area contributed by atoms with Gasteiger partial charge in [-0.1, -0.05) is 11.6 Å². The molecule has 0 aliphatic carbocycles. The van der Waals surface area contributed by atoms with Crippen molar-refractivity contribution in [2.75, 3.05) is 11.4 Å². The molecule has 0 aromatic heterocycles. The van der Waals surface area contributed by atoms with Crippen LogP contribution in [0.1, 0.15) is 12.0 Å². The molecule has 2 rings (SSSR count). The highest BCUT2D eigenvalue weighted by Gasteiger charge is 2.30. The number of aryl methyl sites for hydroxylation is 1. The first-order chi connectivity index (χ1) is 7.50. The molecule has 1 unspecified atom stereocenters. The van der Waals surface area contributed by atoms with Crippen LogP contribution in [0.2, 0.25) is 5.02 Å². The van der Waals surface area contributed by atoms with Gasteiger partial charge in [0.1, 0.15) is 0 Å². The van der Waals surface area contributed by atoms with Gasteiger partial charge in [0.25, 0.3) is 0 Å². The van der Waals surface area contributed by atoms with Crippen LogP contribution in [-0.2, 0) is 4.79 Å². The lowest BCUT2D eigenvalue weighted by Gasteiger charge is -2.18. The van der Waals surface area contributed by atoms with Gasteiger partial charge in [0.05, 0.1) is 11.7 Å². The molecule has 86 valence electrons. The molecule has 0 radical (unpaired) electrons. The van der Waals surface area contributed by atoms with Gasteiger partial charge in [0.2, 0.25) is 5.91 Å². The van der Waals surface area contributed by atoms with Gasteiger partial charge in [-0.15, -0.1) is 0 Å². The molecule has 1 aromatic rings. The van der Waals surface area contributed by atoms with Gasteiger partial charge in [-0.25, -0.2) is 0 Å². The van der Waals surface area contributed by atoms with Crippen molar-refractivity contribution >= 4 is 39.1 Å². The third-order valence-electron chi connectivity index (χ3n) is 2.77. The molecular weight excluding hydrogens is 291 g/mol. The summed E-state index contributed by atoms with van der Waals surface area (Å²) in [4.78, 5) is 13.5. The van der Waals surface area contributed by atoms with E-state index in [9.17, 15) is 4.79 Å². The molecule has 1 heterocycles. The number of benzene rings is 1. The Labute approximate surface area is 108 Å². The average Bonchev–Trinajstić information content (AvgIpc) is 2.54. The Kier molecular flexibility index (Phi) is 3.24. The summed E-state index contributed by atoms with van der Waals surface area (Å²) in [6.07, 6.45) is 0.691. The molecule has 1 aliphatic rings. The van der Waals surface area contributed by atoms with Crippen molar-refractivity contribution in [3.63, 3.8) is 0 Å². The van der Waals surface area contributed by atoms with Crippen LogP contribution in [0.25, 0.3) is 0 Å². The average molecular weight is 304 g/mol. The summed E-state index contributed by atoms with van der Waals surface area (Å²) in [7, 11) is 0. The number of nitrogens with two attached hydrogens (primary N) is 1. The van der Waals surface area contributed by atoms with Gasteiger partial charge in [0.15, 0.2) is 0 Å². The Balaban J connectivity index is 2.41. The van der Waals surface area contributed by atoms with Crippen LogP contribution >= 0.6 is 27.5 Å². The van der Waals surface area contributed by atoms with E-state index in [2.05, 4.69) is 15.9 Å². The van der Waals surface area contributed by atoms with Gasteiger partial charge in [-0.3, -0.25) is 4.79 Å². The maximum Gasteiger partial charge on any atom is 0.243 e. The quantitative estimate of drug-likeness (QED) is 0.866. The molecule has 1 fully saturated rings. The lowest BCUT2D eigenvalue weighted by Crippen LogP contribution is -2.34. The second-order valence-electron chi connectivity index (χ2n) is 3.94. The standard InChI is InChI=1S/C11H12BrClN2O/c1-6-4-7(12)10(5-8(6)13)15-3-2-9(14)11(15)16/h4-5,9H,2-3,14H2,1H3. The van der Waals surface area contributed by atoms with Crippen LogP contribution in [0, 0.1) is 6.92 Å². The third kappa shape index (κ3) is 1.97. The van der Waals surface area contributed by atoms with E-state index in [1.807, 2.05) is 13.0 Å². The summed E-state index contributed by atoms with van der Waals surface area (Å²) in [6, 6.07) is 3.33. The van der Waals surface area contributed by atoms with Crippen LogP contribution in [0.5, 0.6) is 0 Å². The van der Waals surface area contributed by atoms with Crippen LogP contribution < -0.4 is 10.6 Å². The van der Waals surface area contributed by atoms with E-state index in [0.29, 0.717) is 18.0 Å². The molecule has 2 N–H and O–H groups in total. The number of hydrogen-bond acceptors (Lipinski definition) is 2. The minimum absolute atomic E-state index is 0.0411. The summed E-state index contributed by atoms with van der Waals surface area (Å²) in [5.74, 6) is -0.0411. The van der Waals surface area contributed by atoms with E-state index in [4.69, 9.17) is 17.3 Å². The number of hydrogen-bond donors (Lipinski definition) is 1. The predicted octanol–water partition coefficient (Wildman–Crippen LogP) is 2.47. The third-order valence-corrected chi connectivity index (χ3v) is 3.81. The normalized spacial score (nSPS) is 20.6. The molecule has 16 heavy (non-hydrogen) atoms. The Morgan fingerprint density at radius 3 is 2.81 bits per heavy atom. The van der Waals surface area contributed by atoms with Crippen LogP contribution in [0.4, 0.5) is 5.69 Å². The molecule has 0 saturated carbocycles. The maximum atomic E-state index is 11.8. The summed E-state index contributed by atoms with van der Waals surface area (Å²) in [6.45, 7) is 2.58. The number of carbonyl (C=O) groups excluding carboxylic acids is 1. The fourth-order valence-electron chi connectivity index (χ4n) is 1.78. The highest BCUT2D eigenvalue weighted by Crippen LogP contribution is 2.33. The van der Waals surface area contributed by atoms with E-state index < -0.39 is 0 Å². The van der Waals surface area contributed by atoms with Crippen LogP contribution in [-0.4, -0.2) is 18.5 Å². The zero-order valence-electron chi connectivity index (χ0n) is 8.84. The number of halogens is 2. The molecular formula is C11H12BrClN2O. The fraction of sp³-hybridized carbons (Fsp3) is 0.364. The number of rotatable bonds is 1. The molecule has 0 bridgehead atoms. The van der Waals surface area contributed by atoms with Crippen molar-refractivity contribution in [2.24, 2.45) is 5.73 Å². The number of carbonyl (C=O) groups is 1. The molecule has 5 heteroatoms. The van der Waals surface area contributed by atoms with E-state index in [1.165, 1.54) is 0 Å². The number of nitrogens with zero attached hydrogens (tertiary/aromatic N) is 1. The lowest BCUT2D eigenvalue weighted by molar-refractivity contribution is -0.118. The Hall–Kier alpha value is -0.580. The largest absolute Gasteiger partial charge is 0.320 e. The molecule has 1 aromatic carbocycles. The highest BCUT2D eigenvalue weighted by atomic mass is 79.9. The van der Waals surface area contributed by atoms with Gasteiger partial charge in [-0.05, 0) is 47.0 Å². The molecule has 1 aliphatic heterocycles. The van der Waals surface area contributed by atoms with Crippen molar-refractivity contribution in [3.8, 4) is 0 Å². The lowest BCUT2D eigenvalue weighted by atomic mass is 10.2. The second kappa shape index (κ2) is 4.35. The first kappa shape index (κ1) is 11.9. The van der Waals surface area contributed by atoms with Crippen molar-refractivity contribution in [1.82, 2.24) is 0 Å². The maximum absolute atomic E-state index is 11.8. The monoisotopic (exact) mass is 302 g/mol. The van der Waals surface area contributed by atoms with Crippen molar-refractivity contribution in [3.05, 3.63) is 27.2 Å². The molecule has 1 amide bonds. The smallest absolute Gasteiger partial charge is 0.243 e. The highest BCUT2D eigenvalue weighted by molar-refractivity contribution is 9.10. The SMILES string of the molecule is Cc1cc(Br)c(N2CCC(N)C2=O)cc1Cl. The second-order valence-corrected chi connectivity index (χ2v) is 5.20. The van der Waals surface area contributed by atoms with Crippen molar-refractivity contribution < 1.29 is 4.79 Å². The van der Waals surface area contributed by atoms with Gasteiger partial charge >= 0.3 is 0 Å². The molecule has 3 nitrogen and oxygen atoms in total. The van der Waals surface area contributed by atoms with Gasteiger partial charge in [0, 0.05) is 16.0 Å². The zero-order chi connectivity index (χ0) is 11.9. The fourth-order valence-corrected chi connectivity index (χ4v) is 2.61. The summed E-state index contributed by atoms with van der Waals surface area (Å²) < 4.78 is 0.872. The van der Waals surface area contributed by atoms with E-state index in [-0.39, 0.29) is 11.9 Å². The van der Waals surface area contributed by atoms with Gasteiger partial charge in [-0.2, -0.15) is 0 Å². The van der Waals surface area contributed by atoms with Crippen LogP contribution in [0.3, 0.4) is 0 Å². The van der Waals surface area contributed by atoms with E-state index in [0.717, 1.165) is 15.7 Å². The Morgan fingerprint density at radius 1 is 1.56 bits per heavy atom. The number of amides is 1. The summed E-state index contributed by atoms with van der Waals surface area (Å²) in [5, 5.41) is 0.659. The van der Waals surface area contributed by atoms with Crippen molar-refractivity contribution in [1.29, 1.82) is 0 Å². The zero-order valence-corrected chi connectivity index (χ0v) is 11.2. The summed E-state index contributed by atoms with van der Waals surface area (Å²) in [5.41, 5.74) is 7.46. The molecule has 1 atom stereocenters. The minimum atomic E-state index is -0.382. The Bertz CT molecular complexity index is 450.